The van der Waals surface area contributed by atoms with Crippen LogP contribution >= 0.6 is 0 Å². The quantitative estimate of drug-likeness (QED) is 0.715. The second-order valence-electron chi connectivity index (χ2n) is 3.98. The second kappa shape index (κ2) is 6.35. The Morgan fingerprint density at radius 3 is 2.58 bits per heavy atom. The lowest BCUT2D eigenvalue weighted by atomic mass is 10.2. The molecule has 0 aromatic heterocycles. The predicted octanol–water partition coefficient (Wildman–Crippen LogP) is 1.60. The third-order valence-electron chi connectivity index (χ3n) is 2.25. The molecule has 0 fully saturated rings. The van der Waals surface area contributed by atoms with Gasteiger partial charge in [-0.1, -0.05) is 19.1 Å². The maximum absolute atomic E-state index is 11.8. The van der Waals surface area contributed by atoms with E-state index in [-0.39, 0.29) is 11.6 Å². The van der Waals surface area contributed by atoms with E-state index in [0.29, 0.717) is 11.3 Å². The molecule has 4 N–H and O–H groups in total. The van der Waals surface area contributed by atoms with Crippen molar-refractivity contribution in [3.63, 3.8) is 0 Å². The normalized spacial score (nSPS) is 12.1. The summed E-state index contributed by atoms with van der Waals surface area (Å²) in [5.41, 5.74) is 1.38. The average Bonchev–Trinajstić information content (AvgIpc) is 2.27. The first-order valence-corrected chi connectivity index (χ1v) is 7.25. The van der Waals surface area contributed by atoms with Crippen molar-refractivity contribution < 1.29 is 13.2 Å². The molecule has 1 aromatic carbocycles. The Morgan fingerprint density at radius 2 is 2.00 bits per heavy atom. The van der Waals surface area contributed by atoms with Crippen LogP contribution in [0.5, 0.6) is 0 Å². The van der Waals surface area contributed by atoms with Crippen LogP contribution in [0.15, 0.2) is 35.9 Å². The summed E-state index contributed by atoms with van der Waals surface area (Å²) in [6.07, 6.45) is 2.58. The molecule has 0 heterocycles. The first kappa shape index (κ1) is 15.2. The van der Waals surface area contributed by atoms with Crippen LogP contribution in [0.25, 0.3) is 0 Å². The second-order valence-corrected chi connectivity index (χ2v) is 5.27. The maximum Gasteiger partial charge on any atom is 0.296 e. The zero-order valence-electron chi connectivity index (χ0n) is 10.8. The fourth-order valence-corrected chi connectivity index (χ4v) is 1.91. The molecule has 0 radical (unpaired) electrons. The molecule has 0 atom stereocenters. The molecular formula is C12H17N3O3S. The number of carbonyl (C=O) groups is 1. The van der Waals surface area contributed by atoms with Crippen molar-refractivity contribution >= 4 is 27.5 Å². The Kier molecular flexibility index (Phi) is 5.08. The van der Waals surface area contributed by atoms with E-state index in [0.717, 1.165) is 6.42 Å². The van der Waals surface area contributed by atoms with Crippen LogP contribution in [-0.2, 0) is 15.0 Å². The van der Waals surface area contributed by atoms with Gasteiger partial charge in [-0.05, 0) is 31.5 Å². The lowest BCUT2D eigenvalue weighted by molar-refractivity contribution is -0.112. The van der Waals surface area contributed by atoms with Crippen LogP contribution < -0.4 is 15.2 Å². The summed E-state index contributed by atoms with van der Waals surface area (Å²) >= 11 is 0. The van der Waals surface area contributed by atoms with E-state index in [9.17, 15) is 13.2 Å². The summed E-state index contributed by atoms with van der Waals surface area (Å²) in [4.78, 5) is 11.8. The Balaban J connectivity index is 2.83. The first-order chi connectivity index (χ1) is 8.81. The van der Waals surface area contributed by atoms with Crippen LogP contribution in [0.1, 0.15) is 20.3 Å². The van der Waals surface area contributed by atoms with Gasteiger partial charge < -0.3 is 5.32 Å². The van der Waals surface area contributed by atoms with Crippen molar-refractivity contribution in [1.29, 1.82) is 0 Å². The first-order valence-electron chi connectivity index (χ1n) is 5.70. The van der Waals surface area contributed by atoms with E-state index >= 15 is 0 Å². The molecule has 6 nitrogen and oxygen atoms in total. The number of allylic oxidation sites excluding steroid dienone is 1. The van der Waals surface area contributed by atoms with Crippen molar-refractivity contribution in [2.24, 2.45) is 5.14 Å². The van der Waals surface area contributed by atoms with Gasteiger partial charge in [0.25, 0.3) is 16.1 Å². The van der Waals surface area contributed by atoms with E-state index in [4.69, 9.17) is 5.14 Å². The summed E-state index contributed by atoms with van der Waals surface area (Å²) in [5.74, 6) is -0.227. The van der Waals surface area contributed by atoms with Gasteiger partial charge in [-0.15, -0.1) is 0 Å². The fraction of sp³-hybridized carbons (Fsp3) is 0.250. The third-order valence-corrected chi connectivity index (χ3v) is 2.77. The van der Waals surface area contributed by atoms with Gasteiger partial charge in [0, 0.05) is 11.3 Å². The summed E-state index contributed by atoms with van der Waals surface area (Å²) < 4.78 is 23.9. The van der Waals surface area contributed by atoms with Crippen LogP contribution in [0.3, 0.4) is 0 Å². The van der Waals surface area contributed by atoms with Gasteiger partial charge in [0.1, 0.15) is 0 Å². The predicted molar refractivity (Wildman–Crippen MR) is 75.8 cm³/mol. The molecule has 1 aromatic rings. The molecule has 0 saturated carbocycles. The number of benzene rings is 1. The molecule has 7 heteroatoms. The summed E-state index contributed by atoms with van der Waals surface area (Å²) in [6.45, 7) is 3.65. The number of anilines is 2. The Morgan fingerprint density at radius 1 is 1.37 bits per heavy atom. The Hall–Kier alpha value is -1.86. The molecule has 0 bridgehead atoms. The molecule has 104 valence electrons. The highest BCUT2D eigenvalue weighted by atomic mass is 32.2. The average molecular weight is 283 g/mol. The zero-order valence-corrected chi connectivity index (χ0v) is 11.6. The SMILES string of the molecule is CC/C=C(/C)C(=O)Nc1cccc(NS(N)(=O)=O)c1. The third kappa shape index (κ3) is 5.54. The molecule has 0 aliphatic carbocycles. The van der Waals surface area contributed by atoms with Crippen LogP contribution in [-0.4, -0.2) is 14.3 Å². The highest BCUT2D eigenvalue weighted by molar-refractivity contribution is 7.90. The minimum absolute atomic E-state index is 0.227. The number of carbonyl (C=O) groups excluding carboxylic acids is 1. The highest BCUT2D eigenvalue weighted by Crippen LogP contribution is 2.16. The molecule has 0 saturated heterocycles. The van der Waals surface area contributed by atoms with Gasteiger partial charge >= 0.3 is 0 Å². The van der Waals surface area contributed by atoms with Crippen LogP contribution in [0.4, 0.5) is 11.4 Å². The van der Waals surface area contributed by atoms with Gasteiger partial charge in [-0.2, -0.15) is 8.42 Å². The van der Waals surface area contributed by atoms with E-state index in [1.807, 2.05) is 13.0 Å². The van der Waals surface area contributed by atoms with Crippen molar-refractivity contribution in [3.8, 4) is 0 Å². The molecule has 0 aliphatic heterocycles. The number of amides is 1. The maximum atomic E-state index is 11.8. The standard InChI is InChI=1S/C12H17N3O3S/c1-3-5-9(2)12(16)14-10-6-4-7-11(8-10)15-19(13,17)18/h4-8,15H,3H2,1-2H3,(H,14,16)(H2,13,17,18)/b9-5-. The largest absolute Gasteiger partial charge is 0.322 e. The van der Waals surface area contributed by atoms with Crippen molar-refractivity contribution in [1.82, 2.24) is 0 Å². The van der Waals surface area contributed by atoms with E-state index < -0.39 is 10.2 Å². The monoisotopic (exact) mass is 283 g/mol. The fourth-order valence-electron chi connectivity index (χ4n) is 1.45. The number of nitrogens with two attached hydrogens (primary N) is 1. The van der Waals surface area contributed by atoms with Gasteiger partial charge in [0.2, 0.25) is 0 Å². The molecule has 1 amide bonds. The highest BCUT2D eigenvalue weighted by Gasteiger charge is 2.06. The Labute approximate surface area is 112 Å². The molecule has 0 spiro atoms. The Bertz CT molecular complexity index is 594. The number of nitrogens with one attached hydrogen (secondary N) is 2. The minimum atomic E-state index is -3.82. The van der Waals surface area contributed by atoms with Crippen molar-refractivity contribution in [3.05, 3.63) is 35.9 Å². The summed E-state index contributed by atoms with van der Waals surface area (Å²) in [5, 5.41) is 7.54. The molecule has 0 aliphatic rings. The van der Waals surface area contributed by atoms with Crippen LogP contribution in [0.2, 0.25) is 0 Å². The van der Waals surface area contributed by atoms with Crippen molar-refractivity contribution in [2.45, 2.75) is 20.3 Å². The minimum Gasteiger partial charge on any atom is -0.322 e. The van der Waals surface area contributed by atoms with E-state index in [2.05, 4.69) is 10.0 Å². The lowest BCUT2D eigenvalue weighted by Gasteiger charge is -2.08. The molecule has 1 rings (SSSR count). The number of rotatable bonds is 5. The summed E-state index contributed by atoms with van der Waals surface area (Å²) in [7, 11) is -3.82. The molecular weight excluding hydrogens is 266 g/mol. The number of hydrogen-bond acceptors (Lipinski definition) is 3. The topological polar surface area (TPSA) is 101 Å². The van der Waals surface area contributed by atoms with E-state index in [1.165, 1.54) is 12.1 Å². The van der Waals surface area contributed by atoms with Crippen molar-refractivity contribution in [2.75, 3.05) is 10.0 Å². The lowest BCUT2D eigenvalue weighted by Crippen LogP contribution is -2.21. The zero-order chi connectivity index (χ0) is 14.5. The van der Waals surface area contributed by atoms with Crippen LogP contribution in [0, 0.1) is 0 Å². The molecule has 0 unspecified atom stereocenters. The van der Waals surface area contributed by atoms with Gasteiger partial charge in [0.05, 0.1) is 5.69 Å². The van der Waals surface area contributed by atoms with Gasteiger partial charge in [0.15, 0.2) is 0 Å². The number of hydrogen-bond donors (Lipinski definition) is 3. The van der Waals surface area contributed by atoms with Gasteiger partial charge in [-0.25, -0.2) is 5.14 Å². The molecule has 19 heavy (non-hydrogen) atoms. The smallest absolute Gasteiger partial charge is 0.296 e. The summed E-state index contributed by atoms with van der Waals surface area (Å²) in [6, 6.07) is 6.30. The van der Waals surface area contributed by atoms with Gasteiger partial charge in [-0.3, -0.25) is 9.52 Å². The van der Waals surface area contributed by atoms with E-state index in [1.54, 1.807) is 19.1 Å².